The molecule has 0 amide bonds. The van der Waals surface area contributed by atoms with Gasteiger partial charge in [0, 0.05) is 5.70 Å². The van der Waals surface area contributed by atoms with Gasteiger partial charge >= 0.3 is 0 Å². The maximum Gasteiger partial charge on any atom is 0.0371 e. The maximum atomic E-state index is 3.81. The topological polar surface area (TPSA) is 12.4 Å². The summed E-state index contributed by atoms with van der Waals surface area (Å²) in [6.45, 7) is 11.3. The van der Waals surface area contributed by atoms with Gasteiger partial charge in [-0.2, -0.15) is 0 Å². The van der Waals surface area contributed by atoms with Gasteiger partial charge in [0.2, 0.25) is 0 Å². The minimum Gasteiger partial charge on any atom is -0.269 e. The number of rotatable bonds is 5. The van der Waals surface area contributed by atoms with Gasteiger partial charge in [-0.15, -0.1) is 0 Å². The van der Waals surface area contributed by atoms with Crippen LogP contribution in [0.15, 0.2) is 41.1 Å². The van der Waals surface area contributed by atoms with E-state index in [4.69, 9.17) is 0 Å². The normalized spacial score (nSPS) is 12.8. The molecule has 1 nitrogen and oxygen atoms in total. The highest BCUT2D eigenvalue weighted by Gasteiger charge is 1.86. The molecule has 0 aromatic heterocycles. The second-order valence-corrected chi connectivity index (χ2v) is 2.64. The first-order valence-electron chi connectivity index (χ1n) is 4.22. The lowest BCUT2D eigenvalue weighted by atomic mass is 10.1. The standard InChI is InChI=1S/C11H17N/c1-5-7-8-11(6-2)9-10(3)12-4/h6,8-9H,2,4-5,7H2,1,3H3/b10-9-,11-8+. The number of unbranched alkanes of at least 4 members (excludes halogenated alkanes) is 1. The van der Waals surface area contributed by atoms with E-state index in [1.54, 1.807) is 0 Å². The van der Waals surface area contributed by atoms with Crippen LogP contribution in [0.25, 0.3) is 0 Å². The lowest BCUT2D eigenvalue weighted by Crippen LogP contribution is -1.75. The van der Waals surface area contributed by atoms with Gasteiger partial charge in [0.15, 0.2) is 0 Å². The predicted molar refractivity (Wildman–Crippen MR) is 56.5 cm³/mol. The molecule has 0 aliphatic carbocycles. The molecule has 1 heteroatoms. The summed E-state index contributed by atoms with van der Waals surface area (Å²) in [5.74, 6) is 0. The summed E-state index contributed by atoms with van der Waals surface area (Å²) in [5.41, 5.74) is 2.05. The van der Waals surface area contributed by atoms with E-state index >= 15 is 0 Å². The Hall–Kier alpha value is -1.11. The fourth-order valence-corrected chi connectivity index (χ4v) is 0.799. The van der Waals surface area contributed by atoms with Crippen LogP contribution in [0.3, 0.4) is 0 Å². The minimum atomic E-state index is 0.928. The summed E-state index contributed by atoms with van der Waals surface area (Å²) in [4.78, 5) is 3.81. The summed E-state index contributed by atoms with van der Waals surface area (Å²) < 4.78 is 0. The smallest absolute Gasteiger partial charge is 0.0371 e. The van der Waals surface area contributed by atoms with Crippen molar-refractivity contribution in [2.45, 2.75) is 26.7 Å². The highest BCUT2D eigenvalue weighted by molar-refractivity contribution is 5.35. The van der Waals surface area contributed by atoms with Crippen molar-refractivity contribution in [3.05, 3.63) is 36.1 Å². The molecular weight excluding hydrogens is 146 g/mol. The van der Waals surface area contributed by atoms with E-state index in [1.165, 1.54) is 0 Å². The third-order valence-corrected chi connectivity index (χ3v) is 1.53. The molecule has 0 bridgehead atoms. The first-order chi connectivity index (χ1) is 5.74. The van der Waals surface area contributed by atoms with Gasteiger partial charge in [-0.25, -0.2) is 0 Å². The molecule has 66 valence electrons. The quantitative estimate of drug-likeness (QED) is 0.434. The zero-order valence-electron chi connectivity index (χ0n) is 8.01. The molecule has 0 fully saturated rings. The average Bonchev–Trinajstić information content (AvgIpc) is 2.11. The van der Waals surface area contributed by atoms with Crippen LogP contribution in [0.4, 0.5) is 0 Å². The van der Waals surface area contributed by atoms with E-state index in [-0.39, 0.29) is 0 Å². The molecule has 0 rings (SSSR count). The summed E-state index contributed by atoms with van der Waals surface area (Å²) in [5, 5.41) is 0. The second kappa shape index (κ2) is 6.59. The van der Waals surface area contributed by atoms with Crippen molar-refractivity contribution in [2.75, 3.05) is 0 Å². The molecule has 0 heterocycles. The Labute approximate surface area is 75.2 Å². The van der Waals surface area contributed by atoms with Crippen LogP contribution < -0.4 is 0 Å². The molecule has 0 aliphatic heterocycles. The van der Waals surface area contributed by atoms with Crippen molar-refractivity contribution >= 4 is 6.72 Å². The maximum absolute atomic E-state index is 3.81. The fourth-order valence-electron chi connectivity index (χ4n) is 0.799. The molecule has 0 unspecified atom stereocenters. The molecule has 0 aliphatic rings. The Kier molecular flexibility index (Phi) is 5.98. The van der Waals surface area contributed by atoms with Crippen molar-refractivity contribution in [1.82, 2.24) is 0 Å². The molecule has 0 aromatic rings. The molecule has 0 radical (unpaired) electrons. The fraction of sp³-hybridized carbons (Fsp3) is 0.364. The van der Waals surface area contributed by atoms with Crippen molar-refractivity contribution in [3.8, 4) is 0 Å². The highest BCUT2D eigenvalue weighted by atomic mass is 14.7. The van der Waals surface area contributed by atoms with Crippen LogP contribution in [-0.2, 0) is 0 Å². The third-order valence-electron chi connectivity index (χ3n) is 1.53. The Morgan fingerprint density at radius 3 is 2.58 bits per heavy atom. The highest BCUT2D eigenvalue weighted by Crippen LogP contribution is 2.06. The molecular formula is C11H17N. The van der Waals surface area contributed by atoms with E-state index in [1.807, 2.05) is 19.1 Å². The Balaban J connectivity index is 4.35. The van der Waals surface area contributed by atoms with Crippen LogP contribution in [0, 0.1) is 0 Å². The van der Waals surface area contributed by atoms with Crippen LogP contribution in [0.1, 0.15) is 26.7 Å². The van der Waals surface area contributed by atoms with Crippen molar-refractivity contribution < 1.29 is 0 Å². The van der Waals surface area contributed by atoms with Crippen molar-refractivity contribution in [1.29, 1.82) is 0 Å². The molecule has 0 aromatic carbocycles. The molecule has 0 saturated heterocycles. The van der Waals surface area contributed by atoms with Crippen LogP contribution in [0.2, 0.25) is 0 Å². The monoisotopic (exact) mass is 163 g/mol. The zero-order chi connectivity index (χ0) is 9.40. The summed E-state index contributed by atoms with van der Waals surface area (Å²) in [6.07, 6.45) is 8.22. The van der Waals surface area contributed by atoms with Gasteiger partial charge < -0.3 is 0 Å². The molecule has 0 atom stereocenters. The predicted octanol–water partition coefficient (Wildman–Crippen LogP) is 3.50. The number of hydrogen-bond acceptors (Lipinski definition) is 1. The Morgan fingerprint density at radius 2 is 2.17 bits per heavy atom. The Morgan fingerprint density at radius 1 is 1.50 bits per heavy atom. The SMILES string of the molecule is C=CC(/C=C(/C)N=C)=C\CCC. The lowest BCUT2D eigenvalue weighted by Gasteiger charge is -1.94. The van der Waals surface area contributed by atoms with Gasteiger partial charge in [0.25, 0.3) is 0 Å². The van der Waals surface area contributed by atoms with Crippen LogP contribution in [-0.4, -0.2) is 6.72 Å². The first kappa shape index (κ1) is 10.9. The molecule has 12 heavy (non-hydrogen) atoms. The van der Waals surface area contributed by atoms with E-state index < -0.39 is 0 Å². The van der Waals surface area contributed by atoms with Gasteiger partial charge in [-0.3, -0.25) is 4.99 Å². The second-order valence-electron chi connectivity index (χ2n) is 2.64. The van der Waals surface area contributed by atoms with Crippen molar-refractivity contribution in [2.24, 2.45) is 4.99 Å². The summed E-state index contributed by atoms with van der Waals surface area (Å²) in [6, 6.07) is 0. The van der Waals surface area contributed by atoms with E-state index in [0.717, 1.165) is 24.1 Å². The van der Waals surface area contributed by atoms with E-state index in [9.17, 15) is 0 Å². The van der Waals surface area contributed by atoms with Crippen LogP contribution in [0.5, 0.6) is 0 Å². The first-order valence-corrected chi connectivity index (χ1v) is 4.22. The van der Waals surface area contributed by atoms with Gasteiger partial charge in [0.1, 0.15) is 0 Å². The van der Waals surface area contributed by atoms with Crippen LogP contribution >= 0.6 is 0 Å². The minimum absolute atomic E-state index is 0.928. The molecule has 0 saturated carbocycles. The van der Waals surface area contributed by atoms with Crippen molar-refractivity contribution in [3.63, 3.8) is 0 Å². The lowest BCUT2D eigenvalue weighted by molar-refractivity contribution is 0.954. The summed E-state index contributed by atoms with van der Waals surface area (Å²) in [7, 11) is 0. The Bertz CT molecular complexity index is 209. The zero-order valence-corrected chi connectivity index (χ0v) is 8.01. The van der Waals surface area contributed by atoms with E-state index in [2.05, 4.69) is 31.3 Å². The van der Waals surface area contributed by atoms with Gasteiger partial charge in [0.05, 0.1) is 0 Å². The average molecular weight is 163 g/mol. The largest absolute Gasteiger partial charge is 0.269 e. The number of allylic oxidation sites excluding steroid dienone is 5. The van der Waals surface area contributed by atoms with Gasteiger partial charge in [-0.05, 0) is 31.7 Å². The number of nitrogens with zero attached hydrogens (tertiary/aromatic N) is 1. The third kappa shape index (κ3) is 4.67. The summed E-state index contributed by atoms with van der Waals surface area (Å²) >= 11 is 0. The molecule has 0 spiro atoms. The van der Waals surface area contributed by atoms with Gasteiger partial charge in [-0.1, -0.05) is 32.1 Å². The molecule has 0 N–H and O–H groups in total. The number of hydrogen-bond donors (Lipinski definition) is 0. The number of aliphatic imine (C=N–C) groups is 1. The van der Waals surface area contributed by atoms with E-state index in [0.29, 0.717) is 0 Å².